The summed E-state index contributed by atoms with van der Waals surface area (Å²) in [7, 11) is 4.99. The van der Waals surface area contributed by atoms with Crippen LogP contribution in [0.15, 0.2) is 42.5 Å². The molecule has 3 rings (SSSR count). The Morgan fingerprint density at radius 2 is 1.64 bits per heavy atom. The van der Waals surface area contributed by atoms with Crippen molar-refractivity contribution >= 4 is 23.0 Å². The third-order valence-corrected chi connectivity index (χ3v) is 5.21. The van der Waals surface area contributed by atoms with Crippen molar-refractivity contribution in [2.45, 2.75) is 6.54 Å². The molecule has 28 heavy (non-hydrogen) atoms. The van der Waals surface area contributed by atoms with Crippen molar-refractivity contribution in [3.8, 4) is 17.2 Å². The molecule has 150 valence electrons. The summed E-state index contributed by atoms with van der Waals surface area (Å²) in [6.45, 7) is 4.57. The molecule has 6 nitrogen and oxygen atoms in total. The minimum atomic E-state index is 0.701. The molecule has 0 unspecified atom stereocenters. The van der Waals surface area contributed by atoms with Crippen LogP contribution in [-0.4, -0.2) is 62.4 Å². The van der Waals surface area contributed by atoms with Crippen LogP contribution in [-0.2, 0) is 6.54 Å². The quantitative estimate of drug-likeness (QED) is 0.746. The zero-order valence-electron chi connectivity index (χ0n) is 16.6. The van der Waals surface area contributed by atoms with Crippen LogP contribution < -0.4 is 19.5 Å². The number of nitrogens with zero attached hydrogens (tertiary/aromatic N) is 2. The molecule has 1 heterocycles. The molecule has 0 amide bonds. The van der Waals surface area contributed by atoms with Crippen LogP contribution in [0.1, 0.15) is 5.56 Å². The predicted molar refractivity (Wildman–Crippen MR) is 116 cm³/mol. The summed E-state index contributed by atoms with van der Waals surface area (Å²) in [6.07, 6.45) is 0. The number of benzene rings is 2. The van der Waals surface area contributed by atoms with E-state index >= 15 is 0 Å². The molecular formula is C21H27N3O3S. The van der Waals surface area contributed by atoms with Crippen LogP contribution >= 0.6 is 12.2 Å². The lowest BCUT2D eigenvalue weighted by atomic mass is 10.2. The van der Waals surface area contributed by atoms with E-state index in [1.807, 2.05) is 30.3 Å². The van der Waals surface area contributed by atoms with Crippen molar-refractivity contribution < 1.29 is 14.2 Å². The Kier molecular flexibility index (Phi) is 6.95. The molecular weight excluding hydrogens is 374 g/mol. The van der Waals surface area contributed by atoms with Crippen LogP contribution in [0.5, 0.6) is 17.2 Å². The Morgan fingerprint density at radius 1 is 0.929 bits per heavy atom. The van der Waals surface area contributed by atoms with Crippen molar-refractivity contribution in [2.75, 3.05) is 52.8 Å². The fraction of sp³-hybridized carbons (Fsp3) is 0.381. The van der Waals surface area contributed by atoms with Crippen molar-refractivity contribution in [2.24, 2.45) is 0 Å². The molecule has 2 aromatic rings. The summed E-state index contributed by atoms with van der Waals surface area (Å²) in [4.78, 5) is 4.62. The number of thiocarbonyl (C=S) groups is 1. The summed E-state index contributed by atoms with van der Waals surface area (Å²) in [5, 5.41) is 4.00. The Balaban J connectivity index is 1.55. The SMILES string of the molecule is COc1cccc(CN2CCN(C(=S)Nc3cc(OC)ccc3OC)CC2)c1. The van der Waals surface area contributed by atoms with E-state index in [4.69, 9.17) is 26.4 Å². The Bertz CT molecular complexity index is 807. The molecule has 1 N–H and O–H groups in total. The van der Waals surface area contributed by atoms with Crippen LogP contribution in [0, 0.1) is 0 Å². The summed E-state index contributed by atoms with van der Waals surface area (Å²) in [5.74, 6) is 2.39. The van der Waals surface area contributed by atoms with Crippen molar-refractivity contribution in [3.63, 3.8) is 0 Å². The van der Waals surface area contributed by atoms with Crippen LogP contribution in [0.3, 0.4) is 0 Å². The van der Waals surface area contributed by atoms with Gasteiger partial charge in [0.05, 0.1) is 27.0 Å². The van der Waals surface area contributed by atoms with E-state index in [2.05, 4.69) is 27.2 Å². The second kappa shape index (κ2) is 9.61. The van der Waals surface area contributed by atoms with Gasteiger partial charge < -0.3 is 24.4 Å². The lowest BCUT2D eigenvalue weighted by molar-refractivity contribution is 0.177. The number of methoxy groups -OCH3 is 3. The minimum Gasteiger partial charge on any atom is -0.497 e. The Morgan fingerprint density at radius 3 is 2.32 bits per heavy atom. The van der Waals surface area contributed by atoms with Gasteiger partial charge in [-0.25, -0.2) is 0 Å². The van der Waals surface area contributed by atoms with Gasteiger partial charge in [0.25, 0.3) is 0 Å². The van der Waals surface area contributed by atoms with Crippen LogP contribution in [0.4, 0.5) is 5.69 Å². The molecule has 1 saturated heterocycles. The topological polar surface area (TPSA) is 46.2 Å². The number of hydrogen-bond donors (Lipinski definition) is 1. The molecule has 0 saturated carbocycles. The van der Waals surface area contributed by atoms with E-state index in [-0.39, 0.29) is 0 Å². The number of piperazine rings is 1. The first-order chi connectivity index (χ1) is 13.6. The van der Waals surface area contributed by atoms with Crippen LogP contribution in [0.25, 0.3) is 0 Å². The number of ether oxygens (including phenoxy) is 3. The number of hydrogen-bond acceptors (Lipinski definition) is 5. The van der Waals surface area contributed by atoms with E-state index in [1.165, 1.54) is 5.56 Å². The van der Waals surface area contributed by atoms with Gasteiger partial charge in [0.2, 0.25) is 0 Å². The van der Waals surface area contributed by atoms with Crippen molar-refractivity contribution in [1.29, 1.82) is 0 Å². The molecule has 0 atom stereocenters. The summed E-state index contributed by atoms with van der Waals surface area (Å²) in [6, 6.07) is 13.9. The van der Waals surface area contributed by atoms with Gasteiger partial charge in [-0.1, -0.05) is 12.1 Å². The average Bonchev–Trinajstić information content (AvgIpc) is 2.74. The molecule has 1 fully saturated rings. The normalized spacial score (nSPS) is 14.5. The molecule has 0 spiro atoms. The first-order valence-corrected chi connectivity index (χ1v) is 9.67. The third-order valence-electron chi connectivity index (χ3n) is 4.85. The fourth-order valence-electron chi connectivity index (χ4n) is 3.24. The third kappa shape index (κ3) is 5.05. The van der Waals surface area contributed by atoms with E-state index in [1.54, 1.807) is 21.3 Å². The van der Waals surface area contributed by atoms with Crippen LogP contribution in [0.2, 0.25) is 0 Å². The van der Waals surface area contributed by atoms with Gasteiger partial charge in [-0.05, 0) is 42.0 Å². The van der Waals surface area contributed by atoms with Crippen molar-refractivity contribution in [1.82, 2.24) is 9.80 Å². The fourth-order valence-corrected chi connectivity index (χ4v) is 3.54. The summed E-state index contributed by atoms with van der Waals surface area (Å²) < 4.78 is 16.0. The maximum atomic E-state index is 5.63. The molecule has 2 aromatic carbocycles. The second-order valence-electron chi connectivity index (χ2n) is 6.61. The molecule has 1 aliphatic rings. The number of nitrogens with one attached hydrogen (secondary N) is 1. The highest BCUT2D eigenvalue weighted by molar-refractivity contribution is 7.80. The van der Waals surface area contributed by atoms with Gasteiger partial charge in [0.1, 0.15) is 17.2 Å². The monoisotopic (exact) mass is 401 g/mol. The lowest BCUT2D eigenvalue weighted by Gasteiger charge is -2.36. The van der Waals surface area contributed by atoms with E-state index in [0.717, 1.165) is 55.7 Å². The Hall–Kier alpha value is -2.51. The van der Waals surface area contributed by atoms with Gasteiger partial charge in [0, 0.05) is 38.8 Å². The van der Waals surface area contributed by atoms with E-state index < -0.39 is 0 Å². The highest BCUT2D eigenvalue weighted by Gasteiger charge is 2.20. The van der Waals surface area contributed by atoms with E-state index in [0.29, 0.717) is 5.11 Å². The standard InChI is InChI=1S/C21H27N3O3S/c1-25-17-6-4-5-16(13-17)15-23-9-11-24(12-10-23)21(28)22-19-14-18(26-2)7-8-20(19)27-3/h4-8,13-14H,9-12,15H2,1-3H3,(H,22,28). The van der Waals surface area contributed by atoms with Gasteiger partial charge in [-0.2, -0.15) is 0 Å². The molecule has 0 aromatic heterocycles. The first-order valence-electron chi connectivity index (χ1n) is 9.26. The van der Waals surface area contributed by atoms with E-state index in [9.17, 15) is 0 Å². The Labute approximate surface area is 172 Å². The lowest BCUT2D eigenvalue weighted by Crippen LogP contribution is -2.49. The molecule has 0 radical (unpaired) electrons. The van der Waals surface area contributed by atoms with Gasteiger partial charge in [0.15, 0.2) is 5.11 Å². The zero-order valence-corrected chi connectivity index (χ0v) is 17.4. The summed E-state index contributed by atoms with van der Waals surface area (Å²) in [5.41, 5.74) is 2.07. The molecule has 0 aliphatic carbocycles. The highest BCUT2D eigenvalue weighted by atomic mass is 32.1. The minimum absolute atomic E-state index is 0.701. The maximum Gasteiger partial charge on any atom is 0.173 e. The number of rotatable bonds is 6. The highest BCUT2D eigenvalue weighted by Crippen LogP contribution is 2.29. The number of anilines is 1. The van der Waals surface area contributed by atoms with Crippen molar-refractivity contribution in [3.05, 3.63) is 48.0 Å². The molecule has 1 aliphatic heterocycles. The summed E-state index contributed by atoms with van der Waals surface area (Å²) >= 11 is 5.63. The van der Waals surface area contributed by atoms with Gasteiger partial charge >= 0.3 is 0 Å². The largest absolute Gasteiger partial charge is 0.497 e. The maximum absolute atomic E-state index is 5.63. The smallest absolute Gasteiger partial charge is 0.173 e. The molecule has 7 heteroatoms. The van der Waals surface area contributed by atoms with Gasteiger partial charge in [-0.3, -0.25) is 4.90 Å². The van der Waals surface area contributed by atoms with Gasteiger partial charge in [-0.15, -0.1) is 0 Å². The zero-order chi connectivity index (χ0) is 19.9. The molecule has 0 bridgehead atoms. The predicted octanol–water partition coefficient (Wildman–Crippen LogP) is 3.23. The first kappa shape index (κ1) is 20.2. The average molecular weight is 402 g/mol. The second-order valence-corrected chi connectivity index (χ2v) is 7.00.